The van der Waals surface area contributed by atoms with Gasteiger partial charge in [0.2, 0.25) is 5.95 Å². The van der Waals surface area contributed by atoms with E-state index in [-0.39, 0.29) is 33.9 Å². The Kier molecular flexibility index (Phi) is 3.84. The number of hydrazine groups is 1. The second-order valence-corrected chi connectivity index (χ2v) is 5.73. The minimum atomic E-state index is -0.557. The van der Waals surface area contributed by atoms with Gasteiger partial charge in [-0.3, -0.25) is 19.6 Å². The Morgan fingerprint density at radius 1 is 1.45 bits per heavy atom. The summed E-state index contributed by atoms with van der Waals surface area (Å²) >= 11 is 0.767. The number of hydrogen-bond acceptors (Lipinski definition) is 10. The topological polar surface area (TPSA) is 165 Å². The molecule has 3 rings (SSSR count). The van der Waals surface area contributed by atoms with Gasteiger partial charge in [0.25, 0.3) is 5.56 Å². The SMILES string of the molecule is NNc1nc2c(sc(=O)n2[C@H]2CC[C@@H](CON)O2)c(=O)n1N. The first kappa shape index (κ1) is 14.9. The molecule has 1 saturated heterocycles. The molecule has 2 aromatic rings. The standard InChI is InChI=1S/C10H15N7O4S/c11-15-9-14-7-6(8(18)17(9)12)22-10(19)16(7)5-2-1-4(21-5)3-20-13/h4-5H,1-3,11-13H2,(H,14,15)/t4-,5+/m0/s1. The summed E-state index contributed by atoms with van der Waals surface area (Å²) in [6.07, 6.45) is 0.520. The van der Waals surface area contributed by atoms with Crippen molar-refractivity contribution in [2.24, 2.45) is 11.7 Å². The van der Waals surface area contributed by atoms with Crippen LogP contribution in [0.2, 0.25) is 0 Å². The van der Waals surface area contributed by atoms with Crippen LogP contribution in [0.25, 0.3) is 10.3 Å². The van der Waals surface area contributed by atoms with E-state index in [9.17, 15) is 9.59 Å². The van der Waals surface area contributed by atoms with E-state index < -0.39 is 11.8 Å². The molecule has 0 radical (unpaired) electrons. The van der Waals surface area contributed by atoms with Gasteiger partial charge in [-0.15, -0.1) is 0 Å². The van der Waals surface area contributed by atoms with Gasteiger partial charge in [0, 0.05) is 0 Å². The third-order valence-electron chi connectivity index (χ3n) is 3.45. The van der Waals surface area contributed by atoms with Crippen molar-refractivity contribution in [1.82, 2.24) is 14.2 Å². The van der Waals surface area contributed by atoms with E-state index >= 15 is 0 Å². The molecular weight excluding hydrogens is 314 g/mol. The van der Waals surface area contributed by atoms with E-state index in [1.165, 1.54) is 4.57 Å². The van der Waals surface area contributed by atoms with Gasteiger partial charge in [-0.05, 0) is 12.8 Å². The Balaban J connectivity index is 2.11. The maximum atomic E-state index is 12.2. The zero-order valence-electron chi connectivity index (χ0n) is 11.4. The van der Waals surface area contributed by atoms with Crippen LogP contribution < -0.4 is 33.4 Å². The highest BCUT2D eigenvalue weighted by Gasteiger charge is 2.30. The van der Waals surface area contributed by atoms with E-state index in [1.54, 1.807) is 0 Å². The number of nitrogens with one attached hydrogen (secondary N) is 1. The van der Waals surface area contributed by atoms with Crippen LogP contribution in [-0.2, 0) is 9.57 Å². The molecule has 0 aliphatic carbocycles. The maximum Gasteiger partial charge on any atom is 0.311 e. The second-order valence-electron chi connectivity index (χ2n) is 4.77. The van der Waals surface area contributed by atoms with Gasteiger partial charge in [0.05, 0.1) is 12.7 Å². The highest BCUT2D eigenvalue weighted by molar-refractivity contribution is 7.16. The van der Waals surface area contributed by atoms with Crippen LogP contribution in [0.4, 0.5) is 5.95 Å². The number of ether oxygens (including phenoxy) is 1. The average molecular weight is 329 g/mol. The largest absolute Gasteiger partial charge is 0.352 e. The molecule has 0 saturated carbocycles. The van der Waals surface area contributed by atoms with E-state index in [2.05, 4.69) is 15.2 Å². The third kappa shape index (κ3) is 2.26. The van der Waals surface area contributed by atoms with E-state index in [1.807, 2.05) is 0 Å². The average Bonchev–Trinajstić information content (AvgIpc) is 3.07. The monoisotopic (exact) mass is 329 g/mol. The van der Waals surface area contributed by atoms with Crippen molar-refractivity contribution in [3.63, 3.8) is 0 Å². The third-order valence-corrected chi connectivity index (χ3v) is 4.39. The Morgan fingerprint density at radius 2 is 2.23 bits per heavy atom. The number of hydrogen-bond donors (Lipinski definition) is 4. The number of aromatic nitrogens is 3. The number of thiazole rings is 1. The molecule has 7 N–H and O–H groups in total. The van der Waals surface area contributed by atoms with Crippen LogP contribution in [0.5, 0.6) is 0 Å². The van der Waals surface area contributed by atoms with Gasteiger partial charge < -0.3 is 15.4 Å². The molecule has 1 aliphatic rings. The van der Waals surface area contributed by atoms with Crippen molar-refractivity contribution in [2.75, 3.05) is 17.9 Å². The van der Waals surface area contributed by atoms with Crippen LogP contribution in [0.3, 0.4) is 0 Å². The number of anilines is 1. The fourth-order valence-corrected chi connectivity index (χ4v) is 3.34. The van der Waals surface area contributed by atoms with Gasteiger partial charge in [0.1, 0.15) is 10.9 Å². The highest BCUT2D eigenvalue weighted by atomic mass is 32.1. The summed E-state index contributed by atoms with van der Waals surface area (Å²) in [7, 11) is 0. The van der Waals surface area contributed by atoms with Crippen molar-refractivity contribution >= 4 is 27.6 Å². The van der Waals surface area contributed by atoms with Crippen molar-refractivity contribution in [3.8, 4) is 0 Å². The first-order valence-corrected chi connectivity index (χ1v) is 7.25. The predicted molar refractivity (Wildman–Crippen MR) is 79.4 cm³/mol. The van der Waals surface area contributed by atoms with Crippen molar-refractivity contribution in [2.45, 2.75) is 25.2 Å². The fourth-order valence-electron chi connectivity index (χ4n) is 2.44. The maximum absolute atomic E-state index is 12.2. The summed E-state index contributed by atoms with van der Waals surface area (Å²) in [6.45, 7) is 0.228. The van der Waals surface area contributed by atoms with Crippen LogP contribution in [0, 0.1) is 0 Å². The van der Waals surface area contributed by atoms with E-state index in [0.717, 1.165) is 16.0 Å². The van der Waals surface area contributed by atoms with Crippen LogP contribution in [0.15, 0.2) is 9.59 Å². The van der Waals surface area contributed by atoms with Gasteiger partial charge in [-0.2, -0.15) is 9.66 Å². The number of rotatable bonds is 4. The lowest BCUT2D eigenvalue weighted by molar-refractivity contribution is -0.0409. The normalized spacial score (nSPS) is 21.5. The molecule has 0 bridgehead atoms. The van der Waals surface area contributed by atoms with Gasteiger partial charge >= 0.3 is 4.87 Å². The molecule has 0 aromatic carbocycles. The van der Waals surface area contributed by atoms with E-state index in [4.69, 9.17) is 22.3 Å². The number of fused-ring (bicyclic) bond motifs is 1. The zero-order chi connectivity index (χ0) is 15.9. The van der Waals surface area contributed by atoms with Gasteiger partial charge in [-0.1, -0.05) is 11.3 Å². The minimum absolute atomic E-state index is 0.0520. The Morgan fingerprint density at radius 3 is 2.91 bits per heavy atom. The van der Waals surface area contributed by atoms with Gasteiger partial charge in [0.15, 0.2) is 5.65 Å². The zero-order valence-corrected chi connectivity index (χ0v) is 12.2. The minimum Gasteiger partial charge on any atom is -0.352 e. The van der Waals surface area contributed by atoms with Crippen molar-refractivity contribution in [1.29, 1.82) is 0 Å². The summed E-state index contributed by atoms with van der Waals surface area (Å²) in [4.78, 5) is 32.7. The number of nitrogen functional groups attached to an aromatic ring is 2. The van der Waals surface area contributed by atoms with Crippen LogP contribution in [0.1, 0.15) is 19.1 Å². The second kappa shape index (κ2) is 5.66. The van der Waals surface area contributed by atoms with Gasteiger partial charge in [-0.25, -0.2) is 11.7 Å². The lowest BCUT2D eigenvalue weighted by Gasteiger charge is -2.14. The molecule has 3 heterocycles. The molecule has 12 heteroatoms. The predicted octanol–water partition coefficient (Wildman–Crippen LogP) is -1.81. The molecule has 11 nitrogen and oxygen atoms in total. The number of nitrogens with zero attached hydrogens (tertiary/aromatic N) is 3. The smallest absolute Gasteiger partial charge is 0.311 e. The Bertz CT molecular complexity index is 812. The Labute approximate surface area is 127 Å². The fraction of sp³-hybridized carbons (Fsp3) is 0.500. The number of nitrogens with two attached hydrogens (primary N) is 3. The lowest BCUT2D eigenvalue weighted by atomic mass is 10.2. The first-order valence-electron chi connectivity index (χ1n) is 6.43. The molecule has 0 unspecified atom stereocenters. The lowest BCUT2D eigenvalue weighted by Crippen LogP contribution is -2.32. The summed E-state index contributed by atoms with van der Waals surface area (Å²) in [5.41, 5.74) is 1.86. The molecule has 22 heavy (non-hydrogen) atoms. The summed E-state index contributed by atoms with van der Waals surface area (Å²) in [6, 6.07) is 0. The van der Waals surface area contributed by atoms with Crippen LogP contribution in [-0.4, -0.2) is 26.9 Å². The molecule has 0 spiro atoms. The molecule has 1 fully saturated rings. The molecule has 2 atom stereocenters. The molecular formula is C10H15N7O4S. The summed E-state index contributed by atoms with van der Waals surface area (Å²) < 4.78 is 7.94. The molecule has 2 aromatic heterocycles. The first-order chi connectivity index (χ1) is 10.6. The molecule has 1 aliphatic heterocycles. The molecule has 0 amide bonds. The summed E-state index contributed by atoms with van der Waals surface area (Å²) in [5, 5.41) is 0. The quantitative estimate of drug-likeness (QED) is 0.373. The Hall–Kier alpha value is -1.99. The van der Waals surface area contributed by atoms with E-state index in [0.29, 0.717) is 12.8 Å². The van der Waals surface area contributed by atoms with Crippen molar-refractivity contribution < 1.29 is 9.57 Å². The molecule has 120 valence electrons. The van der Waals surface area contributed by atoms with Crippen LogP contribution >= 0.6 is 11.3 Å². The van der Waals surface area contributed by atoms with Crippen molar-refractivity contribution in [3.05, 3.63) is 20.0 Å². The summed E-state index contributed by atoms with van der Waals surface area (Å²) in [5.74, 6) is 15.8. The highest BCUT2D eigenvalue weighted by Crippen LogP contribution is 2.30.